The Morgan fingerprint density at radius 3 is 2.88 bits per heavy atom. The summed E-state index contributed by atoms with van der Waals surface area (Å²) >= 11 is 0. The summed E-state index contributed by atoms with van der Waals surface area (Å²) < 4.78 is 1.90. The second kappa shape index (κ2) is 5.31. The second-order valence-electron chi connectivity index (χ2n) is 3.76. The van der Waals surface area contributed by atoms with Crippen molar-refractivity contribution in [2.45, 2.75) is 13.5 Å². The van der Waals surface area contributed by atoms with Crippen LogP contribution in [0.4, 0.5) is 11.6 Å². The molecule has 0 saturated carbocycles. The Hall–Kier alpha value is -2.08. The molecule has 0 atom stereocenters. The summed E-state index contributed by atoms with van der Waals surface area (Å²) in [6.45, 7) is 3.59. The molecule has 0 amide bonds. The van der Waals surface area contributed by atoms with Crippen LogP contribution in [0.2, 0.25) is 0 Å². The van der Waals surface area contributed by atoms with E-state index in [1.165, 1.54) is 0 Å². The zero-order chi connectivity index (χ0) is 12.1. The number of pyridine rings is 1. The van der Waals surface area contributed by atoms with Crippen molar-refractivity contribution in [2.75, 3.05) is 17.3 Å². The molecule has 0 aliphatic rings. The maximum atomic E-state index is 5.29. The number of anilines is 2. The summed E-state index contributed by atoms with van der Waals surface area (Å²) in [5.41, 5.74) is 3.67. The Labute approximate surface area is 99.8 Å². The molecule has 0 radical (unpaired) electrons. The molecule has 0 saturated heterocycles. The minimum atomic E-state index is 0.643. The van der Waals surface area contributed by atoms with Crippen molar-refractivity contribution in [1.82, 2.24) is 14.8 Å². The molecule has 0 unspecified atom stereocenters. The van der Waals surface area contributed by atoms with Gasteiger partial charge in [0.1, 0.15) is 11.6 Å². The van der Waals surface area contributed by atoms with Crippen LogP contribution in [0, 0.1) is 6.92 Å². The van der Waals surface area contributed by atoms with Gasteiger partial charge in [-0.25, -0.2) is 10.8 Å². The Morgan fingerprint density at radius 1 is 1.35 bits per heavy atom. The van der Waals surface area contributed by atoms with Crippen LogP contribution in [0.1, 0.15) is 5.56 Å². The summed E-state index contributed by atoms with van der Waals surface area (Å²) in [4.78, 5) is 4.25. The third kappa shape index (κ3) is 3.18. The van der Waals surface area contributed by atoms with E-state index in [1.54, 1.807) is 0 Å². The molecule has 0 fully saturated rings. The van der Waals surface area contributed by atoms with E-state index in [9.17, 15) is 0 Å². The van der Waals surface area contributed by atoms with E-state index in [2.05, 4.69) is 20.8 Å². The van der Waals surface area contributed by atoms with Crippen molar-refractivity contribution in [1.29, 1.82) is 0 Å². The number of nitrogens with one attached hydrogen (secondary N) is 2. The molecule has 17 heavy (non-hydrogen) atoms. The Balaban J connectivity index is 1.85. The van der Waals surface area contributed by atoms with Gasteiger partial charge in [-0.15, -0.1) is 0 Å². The maximum Gasteiger partial charge on any atom is 0.142 e. The van der Waals surface area contributed by atoms with Crippen molar-refractivity contribution >= 4 is 11.6 Å². The van der Waals surface area contributed by atoms with Crippen LogP contribution in [0.3, 0.4) is 0 Å². The first kappa shape index (κ1) is 11.4. The highest BCUT2D eigenvalue weighted by atomic mass is 15.3. The molecule has 0 aliphatic heterocycles. The highest BCUT2D eigenvalue weighted by molar-refractivity contribution is 5.44. The second-order valence-corrected chi connectivity index (χ2v) is 3.76. The molecule has 2 heterocycles. The molecular formula is C11H16N6. The maximum absolute atomic E-state index is 5.29. The van der Waals surface area contributed by atoms with Crippen molar-refractivity contribution in [3.63, 3.8) is 0 Å². The molecule has 0 aromatic carbocycles. The molecule has 0 spiro atoms. The number of nitrogen functional groups attached to an aromatic ring is 1. The van der Waals surface area contributed by atoms with Crippen molar-refractivity contribution in [3.8, 4) is 0 Å². The van der Waals surface area contributed by atoms with Gasteiger partial charge in [0.25, 0.3) is 0 Å². The van der Waals surface area contributed by atoms with E-state index in [4.69, 9.17) is 5.84 Å². The quantitative estimate of drug-likeness (QED) is 0.529. The van der Waals surface area contributed by atoms with Gasteiger partial charge in [-0.2, -0.15) is 5.10 Å². The molecular weight excluding hydrogens is 216 g/mol. The molecule has 2 rings (SSSR count). The van der Waals surface area contributed by atoms with Crippen molar-refractivity contribution < 1.29 is 0 Å². The van der Waals surface area contributed by atoms with Crippen LogP contribution >= 0.6 is 0 Å². The smallest absolute Gasteiger partial charge is 0.142 e. The first-order valence-corrected chi connectivity index (χ1v) is 5.44. The van der Waals surface area contributed by atoms with Crippen LogP contribution < -0.4 is 16.6 Å². The van der Waals surface area contributed by atoms with Gasteiger partial charge in [-0.3, -0.25) is 4.68 Å². The van der Waals surface area contributed by atoms with Gasteiger partial charge >= 0.3 is 0 Å². The van der Waals surface area contributed by atoms with E-state index in [-0.39, 0.29) is 0 Å². The standard InChI is InChI=1S/C11H16N6/c1-9-7-14-17(8-9)6-5-13-10-3-2-4-11(15-10)16-12/h2-4,7-8H,5-6,12H2,1H3,(H2,13,15,16). The predicted molar refractivity (Wildman–Crippen MR) is 67.5 cm³/mol. The minimum absolute atomic E-state index is 0.643. The van der Waals surface area contributed by atoms with Gasteiger partial charge in [-0.05, 0) is 24.6 Å². The Kier molecular flexibility index (Phi) is 3.56. The highest BCUT2D eigenvalue weighted by Gasteiger charge is 1.97. The van der Waals surface area contributed by atoms with Gasteiger partial charge in [0, 0.05) is 12.7 Å². The third-order valence-electron chi connectivity index (χ3n) is 2.31. The van der Waals surface area contributed by atoms with Crippen molar-refractivity contribution in [2.24, 2.45) is 5.84 Å². The lowest BCUT2D eigenvalue weighted by Crippen LogP contribution is -2.13. The third-order valence-corrected chi connectivity index (χ3v) is 2.31. The normalized spacial score (nSPS) is 10.2. The van der Waals surface area contributed by atoms with Crippen LogP contribution in [-0.2, 0) is 6.54 Å². The number of hydrazine groups is 1. The number of hydrogen-bond acceptors (Lipinski definition) is 5. The van der Waals surface area contributed by atoms with Crippen LogP contribution in [0.25, 0.3) is 0 Å². The predicted octanol–water partition coefficient (Wildman–Crippen LogP) is 0.984. The average molecular weight is 232 g/mol. The fourth-order valence-electron chi connectivity index (χ4n) is 1.50. The molecule has 0 aliphatic carbocycles. The van der Waals surface area contributed by atoms with Gasteiger partial charge in [0.2, 0.25) is 0 Å². The lowest BCUT2D eigenvalue weighted by atomic mass is 10.4. The van der Waals surface area contributed by atoms with Gasteiger partial charge < -0.3 is 10.7 Å². The lowest BCUT2D eigenvalue weighted by Gasteiger charge is -2.07. The molecule has 6 heteroatoms. The zero-order valence-electron chi connectivity index (χ0n) is 9.72. The fraction of sp³-hybridized carbons (Fsp3) is 0.273. The van der Waals surface area contributed by atoms with E-state index >= 15 is 0 Å². The van der Waals surface area contributed by atoms with Gasteiger partial charge in [-0.1, -0.05) is 6.07 Å². The van der Waals surface area contributed by atoms with E-state index in [0.717, 1.165) is 24.5 Å². The topological polar surface area (TPSA) is 80.8 Å². The SMILES string of the molecule is Cc1cnn(CCNc2cccc(NN)n2)c1. The summed E-state index contributed by atoms with van der Waals surface area (Å²) in [6, 6.07) is 5.60. The Morgan fingerprint density at radius 2 is 2.18 bits per heavy atom. The largest absolute Gasteiger partial charge is 0.368 e. The number of hydrogen-bond donors (Lipinski definition) is 3. The molecule has 0 bridgehead atoms. The fourth-order valence-corrected chi connectivity index (χ4v) is 1.50. The molecule has 2 aromatic heterocycles. The first-order chi connectivity index (χ1) is 8.28. The van der Waals surface area contributed by atoms with E-state index in [0.29, 0.717) is 5.82 Å². The molecule has 4 N–H and O–H groups in total. The summed E-state index contributed by atoms with van der Waals surface area (Å²) in [7, 11) is 0. The van der Waals surface area contributed by atoms with E-state index in [1.807, 2.05) is 42.2 Å². The van der Waals surface area contributed by atoms with Gasteiger partial charge in [0.15, 0.2) is 0 Å². The lowest BCUT2D eigenvalue weighted by molar-refractivity contribution is 0.637. The first-order valence-electron chi connectivity index (χ1n) is 5.44. The van der Waals surface area contributed by atoms with Crippen LogP contribution in [0.5, 0.6) is 0 Å². The zero-order valence-corrected chi connectivity index (χ0v) is 9.72. The van der Waals surface area contributed by atoms with Crippen LogP contribution in [-0.4, -0.2) is 21.3 Å². The molecule has 2 aromatic rings. The van der Waals surface area contributed by atoms with E-state index < -0.39 is 0 Å². The highest BCUT2D eigenvalue weighted by Crippen LogP contribution is 2.07. The number of aromatic nitrogens is 3. The number of aryl methyl sites for hydroxylation is 1. The number of rotatable bonds is 5. The average Bonchev–Trinajstić information content (AvgIpc) is 2.75. The van der Waals surface area contributed by atoms with Gasteiger partial charge in [0.05, 0.1) is 12.7 Å². The number of nitrogens with zero attached hydrogens (tertiary/aromatic N) is 3. The van der Waals surface area contributed by atoms with Crippen molar-refractivity contribution in [3.05, 3.63) is 36.2 Å². The number of nitrogens with two attached hydrogens (primary N) is 1. The monoisotopic (exact) mass is 232 g/mol. The summed E-state index contributed by atoms with van der Waals surface area (Å²) in [6.07, 6.45) is 3.85. The molecule has 90 valence electrons. The molecule has 6 nitrogen and oxygen atoms in total. The Bertz CT molecular complexity index is 478. The summed E-state index contributed by atoms with van der Waals surface area (Å²) in [5, 5.41) is 7.41. The minimum Gasteiger partial charge on any atom is -0.368 e. The van der Waals surface area contributed by atoms with Crippen LogP contribution in [0.15, 0.2) is 30.6 Å². The summed E-state index contributed by atoms with van der Waals surface area (Å²) in [5.74, 6) is 6.73.